The predicted octanol–water partition coefficient (Wildman–Crippen LogP) is 2.46. The molecule has 0 aliphatic heterocycles. The van der Waals surface area contributed by atoms with Crippen LogP contribution in [0.4, 0.5) is 0 Å². The molecule has 1 aromatic carbocycles. The fourth-order valence-electron chi connectivity index (χ4n) is 5.16. The van der Waals surface area contributed by atoms with Crippen LogP contribution in [0.25, 0.3) is 10.9 Å². The van der Waals surface area contributed by atoms with E-state index in [9.17, 15) is 24.2 Å². The number of amides is 2. The van der Waals surface area contributed by atoms with Gasteiger partial charge in [-0.05, 0) is 49.1 Å². The molecule has 1 aliphatic rings. The summed E-state index contributed by atoms with van der Waals surface area (Å²) in [5.74, 6) is -0.898. The Labute approximate surface area is 213 Å². The molecular weight excluding hydrogens is 479 g/mol. The molecule has 7 N–H and O–H groups in total. The van der Waals surface area contributed by atoms with E-state index in [1.807, 2.05) is 44.3 Å². The largest absolute Gasteiger partial charge is 0.391 e. The summed E-state index contributed by atoms with van der Waals surface area (Å²) in [4.78, 5) is 38.7. The third-order valence-electron chi connectivity index (χ3n) is 7.27. The Morgan fingerprint density at radius 3 is 2.53 bits per heavy atom. The monoisotopic (exact) mass is 520 g/mol. The Kier molecular flexibility index (Phi) is 10.5. The van der Waals surface area contributed by atoms with Gasteiger partial charge in [0, 0.05) is 29.3 Å². The van der Waals surface area contributed by atoms with Gasteiger partial charge in [0.25, 0.3) is 0 Å². The second kappa shape index (κ2) is 13.4. The number of carbonyl (C=O) groups is 2. The Balaban J connectivity index is 1.52. The fraction of sp³-hybridized carbons (Fsp3) is 0.615. The molecule has 0 spiro atoms. The van der Waals surface area contributed by atoms with Crippen molar-refractivity contribution < 1.29 is 24.2 Å². The van der Waals surface area contributed by atoms with Crippen LogP contribution >= 0.6 is 8.03 Å². The van der Waals surface area contributed by atoms with Crippen LogP contribution in [0.15, 0.2) is 30.5 Å². The third kappa shape index (κ3) is 7.65. The average molecular weight is 521 g/mol. The smallest absolute Gasteiger partial charge is 0.242 e. The fourth-order valence-corrected chi connectivity index (χ4v) is 6.37. The molecule has 9 nitrogen and oxygen atoms in total. The van der Waals surface area contributed by atoms with Gasteiger partial charge in [0.2, 0.25) is 11.8 Å². The molecule has 10 heteroatoms. The summed E-state index contributed by atoms with van der Waals surface area (Å²) in [6.07, 6.45) is 6.44. The number of nitrogens with two attached hydrogens (primary N) is 1. The standard InChI is InChI=1S/C26H41N4O5P/c1-16(2)24(30-25(32)21(27)12-18-14-28-22-11-7-6-10-20(18)22)26(33)29-15-19(31)13-23(36(34)35)17-8-4-3-5-9-17/h6-7,10-11,14,16-17,19,21,23-24,28,31,36H,3-5,8-9,12-13,15,27H2,1-2H3,(H,29,33)(H,30,32)(H,34,35)/t19-,21+,23?,24+/m1/s1. The van der Waals surface area contributed by atoms with E-state index in [1.165, 1.54) is 0 Å². The summed E-state index contributed by atoms with van der Waals surface area (Å²) in [7, 11) is -2.79. The molecule has 0 saturated heterocycles. The van der Waals surface area contributed by atoms with E-state index in [0.29, 0.717) is 6.42 Å². The quantitative estimate of drug-likeness (QED) is 0.236. The van der Waals surface area contributed by atoms with Gasteiger partial charge in [0.15, 0.2) is 8.03 Å². The van der Waals surface area contributed by atoms with E-state index in [1.54, 1.807) is 0 Å². The molecule has 1 heterocycles. The van der Waals surface area contributed by atoms with E-state index in [-0.39, 0.29) is 24.8 Å². The lowest BCUT2D eigenvalue weighted by Crippen LogP contribution is -2.55. The van der Waals surface area contributed by atoms with Crippen molar-refractivity contribution in [1.29, 1.82) is 0 Å². The van der Waals surface area contributed by atoms with E-state index >= 15 is 0 Å². The summed E-state index contributed by atoms with van der Waals surface area (Å²) in [6.45, 7) is 3.60. The van der Waals surface area contributed by atoms with E-state index < -0.39 is 43.7 Å². The van der Waals surface area contributed by atoms with Gasteiger partial charge in [-0.3, -0.25) is 14.2 Å². The summed E-state index contributed by atoms with van der Waals surface area (Å²) in [5.41, 5.74) is 7.63. The topological polar surface area (TPSA) is 158 Å². The molecule has 1 aromatic heterocycles. The SMILES string of the molecule is CC(C)[C@H](NC(=O)[C@@H](N)Cc1c[nH]c2ccccc12)C(=O)NC[C@H](O)CC(C1CCCCC1)[PH](=O)O. The van der Waals surface area contributed by atoms with Gasteiger partial charge in [0.1, 0.15) is 6.04 Å². The van der Waals surface area contributed by atoms with Gasteiger partial charge in [-0.1, -0.05) is 51.3 Å². The van der Waals surface area contributed by atoms with Gasteiger partial charge in [-0.15, -0.1) is 0 Å². The van der Waals surface area contributed by atoms with E-state index in [0.717, 1.165) is 48.6 Å². The van der Waals surface area contributed by atoms with Crippen molar-refractivity contribution in [3.63, 3.8) is 0 Å². The molecule has 3 rings (SSSR count). The van der Waals surface area contributed by atoms with Crippen LogP contribution in [-0.2, 0) is 20.6 Å². The summed E-state index contributed by atoms with van der Waals surface area (Å²) < 4.78 is 12.0. The number of nitrogens with one attached hydrogen (secondary N) is 3. The predicted molar refractivity (Wildman–Crippen MR) is 142 cm³/mol. The van der Waals surface area contributed by atoms with Crippen molar-refractivity contribution in [3.05, 3.63) is 36.0 Å². The van der Waals surface area contributed by atoms with Gasteiger partial charge in [-0.25, -0.2) is 0 Å². The molecule has 2 unspecified atom stereocenters. The average Bonchev–Trinajstić information content (AvgIpc) is 3.27. The minimum atomic E-state index is -2.79. The maximum absolute atomic E-state index is 12.9. The molecule has 2 aromatic rings. The summed E-state index contributed by atoms with van der Waals surface area (Å²) in [6, 6.07) is 6.13. The number of hydrogen-bond acceptors (Lipinski definition) is 5. The van der Waals surface area contributed by atoms with Crippen LogP contribution in [-0.4, -0.2) is 57.2 Å². The normalized spacial score (nSPS) is 18.9. The highest BCUT2D eigenvalue weighted by atomic mass is 31.1. The molecule has 200 valence electrons. The molecule has 1 fully saturated rings. The van der Waals surface area contributed by atoms with Gasteiger partial charge < -0.3 is 31.4 Å². The van der Waals surface area contributed by atoms with Crippen molar-refractivity contribution in [1.82, 2.24) is 15.6 Å². The Morgan fingerprint density at radius 2 is 1.86 bits per heavy atom. The molecular formula is C26H41N4O5P. The van der Waals surface area contributed by atoms with Crippen LogP contribution in [0.5, 0.6) is 0 Å². The number of aromatic nitrogens is 1. The second-order valence-electron chi connectivity index (χ2n) is 10.4. The maximum atomic E-state index is 12.9. The number of aliphatic hydroxyl groups is 1. The van der Waals surface area contributed by atoms with Crippen molar-refractivity contribution in [2.75, 3.05) is 6.54 Å². The number of H-pyrrole nitrogens is 1. The molecule has 36 heavy (non-hydrogen) atoms. The first kappa shape index (κ1) is 28.4. The van der Waals surface area contributed by atoms with E-state index in [4.69, 9.17) is 5.73 Å². The van der Waals surface area contributed by atoms with Gasteiger partial charge in [0.05, 0.1) is 12.1 Å². The first-order chi connectivity index (χ1) is 17.2. The number of rotatable bonds is 12. The van der Waals surface area contributed by atoms with Crippen LogP contribution in [0.2, 0.25) is 0 Å². The molecule has 0 radical (unpaired) electrons. The molecule has 1 saturated carbocycles. The number of para-hydroxylation sites is 1. The molecule has 5 atom stereocenters. The van der Waals surface area contributed by atoms with Crippen molar-refractivity contribution in [3.8, 4) is 0 Å². The zero-order chi connectivity index (χ0) is 26.2. The highest BCUT2D eigenvalue weighted by molar-refractivity contribution is 7.38. The Bertz CT molecular complexity index is 1040. The molecule has 1 aliphatic carbocycles. The van der Waals surface area contributed by atoms with Gasteiger partial charge >= 0.3 is 0 Å². The van der Waals surface area contributed by atoms with Crippen molar-refractivity contribution >= 4 is 30.7 Å². The Morgan fingerprint density at radius 1 is 1.17 bits per heavy atom. The number of fused-ring (bicyclic) bond motifs is 1. The number of benzene rings is 1. The van der Waals surface area contributed by atoms with Crippen molar-refractivity contribution in [2.24, 2.45) is 17.6 Å². The lowest BCUT2D eigenvalue weighted by Gasteiger charge is -2.30. The number of aliphatic hydroxyl groups excluding tert-OH is 1. The highest BCUT2D eigenvalue weighted by Gasteiger charge is 2.31. The molecule has 0 bridgehead atoms. The lowest BCUT2D eigenvalue weighted by atomic mass is 9.85. The highest BCUT2D eigenvalue weighted by Crippen LogP contribution is 2.40. The first-order valence-electron chi connectivity index (χ1n) is 13.0. The zero-order valence-electron chi connectivity index (χ0n) is 21.2. The second-order valence-corrected chi connectivity index (χ2v) is 11.8. The maximum Gasteiger partial charge on any atom is 0.242 e. The van der Waals surface area contributed by atoms with Crippen molar-refractivity contribution in [2.45, 2.75) is 82.6 Å². The summed E-state index contributed by atoms with van der Waals surface area (Å²) in [5, 5.41) is 17.0. The zero-order valence-corrected chi connectivity index (χ0v) is 22.2. The minimum Gasteiger partial charge on any atom is -0.391 e. The first-order valence-corrected chi connectivity index (χ1v) is 14.4. The van der Waals surface area contributed by atoms with Crippen LogP contribution in [0, 0.1) is 11.8 Å². The van der Waals surface area contributed by atoms with Gasteiger partial charge in [-0.2, -0.15) is 0 Å². The van der Waals surface area contributed by atoms with Crippen LogP contribution in [0.1, 0.15) is 57.9 Å². The number of hydrogen-bond donors (Lipinski definition) is 6. The lowest BCUT2D eigenvalue weighted by molar-refractivity contribution is -0.130. The van der Waals surface area contributed by atoms with E-state index in [2.05, 4.69) is 15.6 Å². The summed E-state index contributed by atoms with van der Waals surface area (Å²) >= 11 is 0. The minimum absolute atomic E-state index is 0.0440. The number of carbonyl (C=O) groups excluding carboxylic acids is 2. The molecule has 2 amide bonds. The Hall–Kier alpha value is -2.19. The number of aromatic amines is 1. The van der Waals surface area contributed by atoms with Crippen LogP contribution in [0.3, 0.4) is 0 Å². The van der Waals surface area contributed by atoms with Crippen LogP contribution < -0.4 is 16.4 Å². The third-order valence-corrected chi connectivity index (χ3v) is 8.61.